The lowest BCUT2D eigenvalue weighted by atomic mass is 10.3. The predicted molar refractivity (Wildman–Crippen MR) is 55.3 cm³/mol. The summed E-state index contributed by atoms with van der Waals surface area (Å²) in [4.78, 5) is 0. The smallest absolute Gasteiger partial charge is 0.145 e. The Morgan fingerprint density at radius 2 is 1.69 bits per heavy atom. The van der Waals surface area contributed by atoms with Crippen molar-refractivity contribution in [1.82, 2.24) is 0 Å². The molecule has 0 aliphatic rings. The van der Waals surface area contributed by atoms with Crippen LogP contribution in [0.25, 0.3) is 0 Å². The van der Waals surface area contributed by atoms with Crippen LogP contribution in [-0.4, -0.2) is 14.2 Å². The van der Waals surface area contributed by atoms with Gasteiger partial charge in [-0.15, -0.1) is 0 Å². The number of methoxy groups -OCH3 is 2. The fourth-order valence-electron chi connectivity index (χ4n) is 0.818. The van der Waals surface area contributed by atoms with Crippen molar-refractivity contribution in [3.05, 3.63) is 18.2 Å². The van der Waals surface area contributed by atoms with Crippen LogP contribution in [0.5, 0.6) is 11.5 Å². The van der Waals surface area contributed by atoms with Gasteiger partial charge in [-0.3, -0.25) is 0 Å². The van der Waals surface area contributed by atoms with Crippen LogP contribution < -0.4 is 15.2 Å². The molecule has 2 N–H and O–H groups in total. The molecule has 0 saturated carbocycles. The van der Waals surface area contributed by atoms with E-state index in [0.29, 0.717) is 11.4 Å². The summed E-state index contributed by atoms with van der Waals surface area (Å²) in [7, 11) is 3.18. The maximum Gasteiger partial charge on any atom is 0.145 e. The maximum absolute atomic E-state index is 5.57. The van der Waals surface area contributed by atoms with Gasteiger partial charge in [0.25, 0.3) is 0 Å². The first-order valence-corrected chi connectivity index (χ1v) is 4.25. The highest BCUT2D eigenvalue weighted by molar-refractivity contribution is 5.55. The molecule has 1 aromatic carbocycles. The zero-order valence-corrected chi connectivity index (χ0v) is 8.63. The summed E-state index contributed by atoms with van der Waals surface area (Å²) in [6, 6.07) is 5.28. The first-order chi connectivity index (χ1) is 6.27. The average Bonchev–Trinajstić information content (AvgIpc) is 2.22. The Morgan fingerprint density at radius 3 is 2.15 bits per heavy atom. The van der Waals surface area contributed by atoms with Crippen LogP contribution in [0.2, 0.25) is 0 Å². The first-order valence-electron chi connectivity index (χ1n) is 4.25. The number of hydrogen-bond donors (Lipinski definition) is 1. The molecule has 0 saturated heterocycles. The normalized spacial score (nSPS) is 8.31. The number of ether oxygens (including phenoxy) is 2. The van der Waals surface area contributed by atoms with Crippen LogP contribution in [-0.2, 0) is 0 Å². The second kappa shape index (κ2) is 6.17. The molecule has 74 valence electrons. The zero-order valence-electron chi connectivity index (χ0n) is 8.63. The number of nitrogens with two attached hydrogens (primary N) is 1. The van der Waals surface area contributed by atoms with E-state index in [2.05, 4.69) is 0 Å². The van der Waals surface area contributed by atoms with Crippen molar-refractivity contribution in [2.24, 2.45) is 0 Å². The number of nitrogen functional groups attached to an aromatic ring is 1. The number of rotatable bonds is 2. The van der Waals surface area contributed by atoms with Gasteiger partial charge in [-0.1, -0.05) is 13.8 Å². The molecule has 0 aliphatic heterocycles. The molecule has 0 unspecified atom stereocenters. The first kappa shape index (κ1) is 11.6. The van der Waals surface area contributed by atoms with Gasteiger partial charge in [-0.2, -0.15) is 0 Å². The molecular weight excluding hydrogens is 166 g/mol. The third-order valence-corrected chi connectivity index (χ3v) is 1.44. The molecule has 0 fully saturated rings. The van der Waals surface area contributed by atoms with Crippen LogP contribution in [0.1, 0.15) is 13.8 Å². The Morgan fingerprint density at radius 1 is 1.08 bits per heavy atom. The van der Waals surface area contributed by atoms with Crippen molar-refractivity contribution in [2.45, 2.75) is 13.8 Å². The Hall–Kier alpha value is -1.38. The van der Waals surface area contributed by atoms with E-state index in [9.17, 15) is 0 Å². The molecular formula is C10H17NO2. The third-order valence-electron chi connectivity index (χ3n) is 1.44. The molecule has 1 rings (SSSR count). The van der Waals surface area contributed by atoms with Crippen molar-refractivity contribution >= 4 is 5.69 Å². The monoisotopic (exact) mass is 183 g/mol. The molecule has 3 heteroatoms. The van der Waals surface area contributed by atoms with Gasteiger partial charge in [0.1, 0.15) is 11.5 Å². The molecule has 1 aromatic rings. The van der Waals surface area contributed by atoms with Gasteiger partial charge in [-0.05, 0) is 12.1 Å². The highest BCUT2D eigenvalue weighted by atomic mass is 16.5. The lowest BCUT2D eigenvalue weighted by molar-refractivity contribution is 0.395. The molecule has 0 spiro atoms. The summed E-state index contributed by atoms with van der Waals surface area (Å²) in [5.74, 6) is 1.39. The van der Waals surface area contributed by atoms with E-state index >= 15 is 0 Å². The highest BCUT2D eigenvalue weighted by Crippen LogP contribution is 2.25. The quantitative estimate of drug-likeness (QED) is 0.715. The summed E-state index contributed by atoms with van der Waals surface area (Å²) >= 11 is 0. The van der Waals surface area contributed by atoms with E-state index in [1.165, 1.54) is 0 Å². The SMILES string of the molecule is CC.COc1ccc(N)c(OC)c1. The fourth-order valence-corrected chi connectivity index (χ4v) is 0.818. The number of anilines is 1. The van der Waals surface area contributed by atoms with Gasteiger partial charge in [0.2, 0.25) is 0 Å². The molecule has 0 bridgehead atoms. The molecule has 0 heterocycles. The van der Waals surface area contributed by atoms with E-state index in [1.807, 2.05) is 13.8 Å². The van der Waals surface area contributed by atoms with E-state index in [4.69, 9.17) is 15.2 Å². The van der Waals surface area contributed by atoms with E-state index in [0.717, 1.165) is 5.75 Å². The number of hydrogen-bond acceptors (Lipinski definition) is 3. The molecule has 0 aromatic heterocycles. The van der Waals surface area contributed by atoms with Gasteiger partial charge in [0.15, 0.2) is 0 Å². The Kier molecular flexibility index (Phi) is 5.52. The minimum atomic E-state index is 0.619. The molecule has 0 aliphatic carbocycles. The third kappa shape index (κ3) is 3.23. The van der Waals surface area contributed by atoms with E-state index in [-0.39, 0.29) is 0 Å². The van der Waals surface area contributed by atoms with E-state index in [1.54, 1.807) is 32.4 Å². The van der Waals surface area contributed by atoms with Gasteiger partial charge < -0.3 is 15.2 Å². The summed E-state index contributed by atoms with van der Waals surface area (Å²) in [5.41, 5.74) is 6.19. The Bertz CT molecular complexity index is 249. The van der Waals surface area contributed by atoms with Gasteiger partial charge >= 0.3 is 0 Å². The lowest BCUT2D eigenvalue weighted by Gasteiger charge is -2.05. The van der Waals surface area contributed by atoms with Crippen LogP contribution in [0.15, 0.2) is 18.2 Å². The molecule has 0 radical (unpaired) electrons. The zero-order chi connectivity index (χ0) is 10.3. The molecule has 0 amide bonds. The standard InChI is InChI=1S/C8H11NO2.C2H6/c1-10-6-3-4-7(9)8(5-6)11-2;1-2/h3-5H,9H2,1-2H3;1-2H3. The minimum Gasteiger partial charge on any atom is -0.497 e. The fraction of sp³-hybridized carbons (Fsp3) is 0.400. The van der Waals surface area contributed by atoms with Crippen molar-refractivity contribution in [3.63, 3.8) is 0 Å². The van der Waals surface area contributed by atoms with Crippen LogP contribution in [0.4, 0.5) is 5.69 Å². The van der Waals surface area contributed by atoms with Crippen molar-refractivity contribution in [3.8, 4) is 11.5 Å². The van der Waals surface area contributed by atoms with Crippen molar-refractivity contribution in [1.29, 1.82) is 0 Å². The van der Waals surface area contributed by atoms with Crippen LogP contribution >= 0.6 is 0 Å². The summed E-state index contributed by atoms with van der Waals surface area (Å²) in [6.45, 7) is 4.00. The van der Waals surface area contributed by atoms with Gasteiger partial charge in [0.05, 0.1) is 19.9 Å². The Balaban J connectivity index is 0.000000671. The molecule has 13 heavy (non-hydrogen) atoms. The van der Waals surface area contributed by atoms with Crippen molar-refractivity contribution in [2.75, 3.05) is 20.0 Å². The highest BCUT2D eigenvalue weighted by Gasteiger charge is 1.99. The van der Waals surface area contributed by atoms with Crippen LogP contribution in [0, 0.1) is 0 Å². The summed E-state index contributed by atoms with van der Waals surface area (Å²) in [6.07, 6.45) is 0. The largest absolute Gasteiger partial charge is 0.497 e. The van der Waals surface area contributed by atoms with Gasteiger partial charge in [-0.25, -0.2) is 0 Å². The maximum atomic E-state index is 5.57. The van der Waals surface area contributed by atoms with Gasteiger partial charge in [0, 0.05) is 6.07 Å². The molecule has 0 atom stereocenters. The predicted octanol–water partition coefficient (Wildman–Crippen LogP) is 2.31. The lowest BCUT2D eigenvalue weighted by Crippen LogP contribution is -1.92. The summed E-state index contributed by atoms with van der Waals surface area (Å²) < 4.78 is 9.96. The van der Waals surface area contributed by atoms with Crippen LogP contribution in [0.3, 0.4) is 0 Å². The summed E-state index contributed by atoms with van der Waals surface area (Å²) in [5, 5.41) is 0. The number of benzene rings is 1. The van der Waals surface area contributed by atoms with Crippen molar-refractivity contribution < 1.29 is 9.47 Å². The average molecular weight is 183 g/mol. The van der Waals surface area contributed by atoms with E-state index < -0.39 is 0 Å². The second-order valence-corrected chi connectivity index (χ2v) is 2.11. The second-order valence-electron chi connectivity index (χ2n) is 2.11. The Labute approximate surface area is 79.5 Å². The minimum absolute atomic E-state index is 0.619. The molecule has 3 nitrogen and oxygen atoms in total. The topological polar surface area (TPSA) is 44.5 Å².